The van der Waals surface area contributed by atoms with E-state index in [1.807, 2.05) is 43.3 Å². The molecule has 0 spiro atoms. The summed E-state index contributed by atoms with van der Waals surface area (Å²) in [6.45, 7) is 5.28. The molecule has 2 aromatic rings. The quantitative estimate of drug-likeness (QED) is 0.717. The highest BCUT2D eigenvalue weighted by atomic mass is 16.5. The molecule has 0 aliphatic carbocycles. The summed E-state index contributed by atoms with van der Waals surface area (Å²) < 4.78 is 10.8. The van der Waals surface area contributed by atoms with Gasteiger partial charge in [0.1, 0.15) is 11.5 Å². The Morgan fingerprint density at radius 3 is 2.17 bits per heavy atom. The number of carbonyl (C=O) groups excluding carboxylic acids is 1. The molecule has 0 bridgehead atoms. The molecule has 0 aromatic heterocycles. The first-order chi connectivity index (χ1) is 14.2. The van der Waals surface area contributed by atoms with Crippen molar-refractivity contribution in [2.75, 3.05) is 33.4 Å². The standard InChI is InChI=1S/C24H32N2O3/c1-3-29-22-14-10-20(11-15-22)24(27)25-18-23(26-16-6-4-5-7-17-26)19-8-12-21(28-2)13-9-19/h8-15,23H,3-7,16-18H2,1-2H3,(H,25,27)/t23-/m0/s1. The number of amides is 1. The highest BCUT2D eigenvalue weighted by molar-refractivity contribution is 5.94. The van der Waals surface area contributed by atoms with Crippen molar-refractivity contribution >= 4 is 5.91 Å². The molecule has 1 heterocycles. The molecule has 2 aromatic carbocycles. The van der Waals surface area contributed by atoms with Crippen LogP contribution in [-0.4, -0.2) is 44.2 Å². The molecule has 1 saturated heterocycles. The van der Waals surface area contributed by atoms with Crippen molar-refractivity contribution in [1.29, 1.82) is 0 Å². The Labute approximate surface area is 174 Å². The van der Waals surface area contributed by atoms with Gasteiger partial charge in [-0.1, -0.05) is 25.0 Å². The Morgan fingerprint density at radius 1 is 0.966 bits per heavy atom. The third-order valence-electron chi connectivity index (χ3n) is 5.47. The minimum atomic E-state index is -0.0543. The van der Waals surface area contributed by atoms with Crippen LogP contribution >= 0.6 is 0 Å². The molecule has 5 nitrogen and oxygen atoms in total. The van der Waals surface area contributed by atoms with Crippen LogP contribution in [-0.2, 0) is 0 Å². The number of hydrogen-bond acceptors (Lipinski definition) is 4. The highest BCUT2D eigenvalue weighted by Gasteiger charge is 2.22. The van der Waals surface area contributed by atoms with Crippen molar-refractivity contribution in [1.82, 2.24) is 10.2 Å². The van der Waals surface area contributed by atoms with Gasteiger partial charge in [-0.05, 0) is 74.8 Å². The summed E-state index contributed by atoms with van der Waals surface area (Å²) in [5, 5.41) is 3.14. The Balaban J connectivity index is 1.70. The van der Waals surface area contributed by atoms with Crippen molar-refractivity contribution in [3.63, 3.8) is 0 Å². The average Bonchev–Trinajstić information content (AvgIpc) is 3.04. The van der Waals surface area contributed by atoms with Gasteiger partial charge in [-0.25, -0.2) is 0 Å². The fraction of sp³-hybridized carbons (Fsp3) is 0.458. The third-order valence-corrected chi connectivity index (χ3v) is 5.47. The molecular formula is C24H32N2O3. The molecule has 0 saturated carbocycles. The lowest BCUT2D eigenvalue weighted by Crippen LogP contribution is -2.38. The van der Waals surface area contributed by atoms with Crippen molar-refractivity contribution in [2.45, 2.75) is 38.6 Å². The number of ether oxygens (including phenoxy) is 2. The number of rotatable bonds is 8. The molecule has 1 fully saturated rings. The summed E-state index contributed by atoms with van der Waals surface area (Å²) in [5.74, 6) is 1.58. The van der Waals surface area contributed by atoms with Gasteiger partial charge in [0.25, 0.3) is 5.91 Å². The average molecular weight is 397 g/mol. The molecule has 1 aliphatic rings. The maximum absolute atomic E-state index is 12.7. The van der Waals surface area contributed by atoms with Crippen LogP contribution in [0.15, 0.2) is 48.5 Å². The van der Waals surface area contributed by atoms with E-state index in [0.29, 0.717) is 18.7 Å². The van der Waals surface area contributed by atoms with Gasteiger partial charge in [-0.2, -0.15) is 0 Å². The summed E-state index contributed by atoms with van der Waals surface area (Å²) in [6.07, 6.45) is 4.98. The fourth-order valence-electron chi connectivity index (χ4n) is 3.85. The predicted octanol–water partition coefficient (Wildman–Crippen LogP) is 4.44. The minimum absolute atomic E-state index is 0.0543. The second-order valence-corrected chi connectivity index (χ2v) is 7.41. The molecule has 1 atom stereocenters. The van der Waals surface area contributed by atoms with E-state index in [-0.39, 0.29) is 11.9 Å². The topological polar surface area (TPSA) is 50.8 Å². The zero-order chi connectivity index (χ0) is 20.5. The molecule has 0 radical (unpaired) electrons. The molecule has 3 rings (SSSR count). The van der Waals surface area contributed by atoms with Gasteiger partial charge in [0.15, 0.2) is 0 Å². The van der Waals surface area contributed by atoms with Gasteiger partial charge in [0, 0.05) is 12.1 Å². The van der Waals surface area contributed by atoms with E-state index in [1.165, 1.54) is 31.2 Å². The number of methoxy groups -OCH3 is 1. The van der Waals surface area contributed by atoms with E-state index in [9.17, 15) is 4.79 Å². The first-order valence-electron chi connectivity index (χ1n) is 10.6. The number of likely N-dealkylation sites (tertiary alicyclic amines) is 1. The molecular weight excluding hydrogens is 364 g/mol. The van der Waals surface area contributed by atoms with Crippen molar-refractivity contribution in [3.8, 4) is 11.5 Å². The summed E-state index contributed by atoms with van der Waals surface area (Å²) in [6, 6.07) is 15.7. The van der Waals surface area contributed by atoms with Crippen LogP contribution in [0.25, 0.3) is 0 Å². The zero-order valence-electron chi connectivity index (χ0n) is 17.5. The van der Waals surface area contributed by atoms with Gasteiger partial charge < -0.3 is 14.8 Å². The Kier molecular flexibility index (Phi) is 7.94. The number of nitrogens with zero attached hydrogens (tertiary/aromatic N) is 1. The predicted molar refractivity (Wildman–Crippen MR) is 116 cm³/mol. The van der Waals surface area contributed by atoms with E-state index in [4.69, 9.17) is 9.47 Å². The molecule has 156 valence electrons. The van der Waals surface area contributed by atoms with Crippen molar-refractivity contribution < 1.29 is 14.3 Å². The molecule has 1 amide bonds. The largest absolute Gasteiger partial charge is 0.497 e. The summed E-state index contributed by atoms with van der Waals surface area (Å²) in [5.41, 5.74) is 1.86. The van der Waals surface area contributed by atoms with Gasteiger partial charge in [0.2, 0.25) is 0 Å². The van der Waals surface area contributed by atoms with E-state index in [2.05, 4.69) is 22.3 Å². The molecule has 5 heteroatoms. The molecule has 1 N–H and O–H groups in total. The van der Waals surface area contributed by atoms with Gasteiger partial charge in [0.05, 0.1) is 19.8 Å². The Bertz CT molecular complexity index is 751. The van der Waals surface area contributed by atoms with Crippen LogP contribution in [0.5, 0.6) is 11.5 Å². The van der Waals surface area contributed by atoms with Crippen LogP contribution in [0.3, 0.4) is 0 Å². The van der Waals surface area contributed by atoms with Gasteiger partial charge >= 0.3 is 0 Å². The molecule has 0 unspecified atom stereocenters. The maximum atomic E-state index is 12.7. The molecule has 1 aliphatic heterocycles. The van der Waals surface area contributed by atoms with E-state index < -0.39 is 0 Å². The first-order valence-corrected chi connectivity index (χ1v) is 10.6. The second kappa shape index (κ2) is 10.9. The lowest BCUT2D eigenvalue weighted by Gasteiger charge is -2.31. The van der Waals surface area contributed by atoms with E-state index in [0.717, 1.165) is 24.6 Å². The van der Waals surface area contributed by atoms with Crippen molar-refractivity contribution in [3.05, 3.63) is 59.7 Å². The number of benzene rings is 2. The third kappa shape index (κ3) is 5.97. The Morgan fingerprint density at radius 2 is 1.59 bits per heavy atom. The van der Waals surface area contributed by atoms with Crippen LogP contribution in [0, 0.1) is 0 Å². The van der Waals surface area contributed by atoms with Gasteiger partial charge in [-0.15, -0.1) is 0 Å². The smallest absolute Gasteiger partial charge is 0.251 e. The summed E-state index contributed by atoms with van der Waals surface area (Å²) >= 11 is 0. The van der Waals surface area contributed by atoms with Crippen LogP contribution < -0.4 is 14.8 Å². The first kappa shape index (κ1) is 21.2. The molecule has 29 heavy (non-hydrogen) atoms. The SMILES string of the molecule is CCOc1ccc(C(=O)NC[C@@H](c2ccc(OC)cc2)N2CCCCCC2)cc1. The second-order valence-electron chi connectivity index (χ2n) is 7.41. The Hall–Kier alpha value is -2.53. The van der Waals surface area contributed by atoms with Crippen molar-refractivity contribution in [2.24, 2.45) is 0 Å². The number of hydrogen-bond donors (Lipinski definition) is 1. The lowest BCUT2D eigenvalue weighted by molar-refractivity contribution is 0.0933. The minimum Gasteiger partial charge on any atom is -0.497 e. The summed E-state index contributed by atoms with van der Waals surface area (Å²) in [7, 11) is 1.68. The van der Waals surface area contributed by atoms with E-state index in [1.54, 1.807) is 7.11 Å². The van der Waals surface area contributed by atoms with Crippen LogP contribution in [0.2, 0.25) is 0 Å². The van der Waals surface area contributed by atoms with Gasteiger partial charge in [-0.3, -0.25) is 9.69 Å². The van der Waals surface area contributed by atoms with Crippen LogP contribution in [0.1, 0.15) is 54.6 Å². The highest BCUT2D eigenvalue weighted by Crippen LogP contribution is 2.26. The summed E-state index contributed by atoms with van der Waals surface area (Å²) in [4.78, 5) is 15.2. The number of carbonyl (C=O) groups is 1. The monoisotopic (exact) mass is 396 g/mol. The normalized spacial score (nSPS) is 15.9. The number of nitrogens with one attached hydrogen (secondary N) is 1. The van der Waals surface area contributed by atoms with E-state index >= 15 is 0 Å². The maximum Gasteiger partial charge on any atom is 0.251 e. The zero-order valence-corrected chi connectivity index (χ0v) is 17.5. The van der Waals surface area contributed by atoms with Crippen LogP contribution in [0.4, 0.5) is 0 Å². The lowest BCUT2D eigenvalue weighted by atomic mass is 10.0. The fourth-order valence-corrected chi connectivity index (χ4v) is 3.85.